The minimum atomic E-state index is -0.247. The fourth-order valence-electron chi connectivity index (χ4n) is 8.87. The monoisotopic (exact) mass is 760 g/mol. The standard InChI is InChI=1S/C57H48N2/c1-5-15-40(6-2)43-22-30-48(31-23-43)59(49-32-24-44(25-33-49)41-16-9-7-10-17-41)50-34-26-45(27-35-50)47-28-36-51-52-38-46(42-18-11-8-12-19-42)29-37-55(52)58-56-21-14-13-20-53(56)57(3,4)54(51)39-47/h5-39,52,55,58H,1-2H2,3-4H3/b40-15+. The smallest absolute Gasteiger partial charge is 0.0551 e. The first kappa shape index (κ1) is 37.4. The van der Waals surface area contributed by atoms with Crippen LogP contribution in [0.5, 0.6) is 0 Å². The zero-order valence-corrected chi connectivity index (χ0v) is 33.7. The molecule has 59 heavy (non-hydrogen) atoms. The van der Waals surface area contributed by atoms with Crippen LogP contribution in [-0.4, -0.2) is 6.04 Å². The van der Waals surface area contributed by atoms with E-state index >= 15 is 0 Å². The highest BCUT2D eigenvalue weighted by Gasteiger charge is 2.36. The Balaban J connectivity index is 1.11. The molecule has 0 fully saturated rings. The van der Waals surface area contributed by atoms with E-state index in [1.165, 1.54) is 55.8 Å². The van der Waals surface area contributed by atoms with Gasteiger partial charge >= 0.3 is 0 Å². The molecule has 1 aliphatic carbocycles. The quantitative estimate of drug-likeness (QED) is 0.147. The zero-order valence-electron chi connectivity index (χ0n) is 33.7. The third-order valence-corrected chi connectivity index (χ3v) is 12.0. The van der Waals surface area contributed by atoms with E-state index in [2.05, 4.69) is 231 Å². The van der Waals surface area contributed by atoms with Crippen LogP contribution in [0.2, 0.25) is 0 Å². The summed E-state index contributed by atoms with van der Waals surface area (Å²) >= 11 is 0. The molecule has 0 saturated carbocycles. The van der Waals surface area contributed by atoms with E-state index in [0.29, 0.717) is 0 Å². The Morgan fingerprint density at radius 2 is 1.12 bits per heavy atom. The first-order valence-corrected chi connectivity index (χ1v) is 20.5. The number of benzene rings is 7. The molecular formula is C57H48N2. The molecule has 2 unspecified atom stereocenters. The molecule has 0 radical (unpaired) electrons. The number of fused-ring (bicyclic) bond motifs is 4. The maximum atomic E-state index is 4.02. The number of rotatable bonds is 9. The van der Waals surface area contributed by atoms with Gasteiger partial charge in [-0.25, -0.2) is 0 Å². The van der Waals surface area contributed by atoms with Crippen LogP contribution in [0.4, 0.5) is 22.7 Å². The normalized spacial score (nSPS) is 16.5. The molecular weight excluding hydrogens is 713 g/mol. The van der Waals surface area contributed by atoms with E-state index < -0.39 is 0 Å². The van der Waals surface area contributed by atoms with Gasteiger partial charge in [0.15, 0.2) is 0 Å². The Bertz CT molecular complexity index is 2710. The topological polar surface area (TPSA) is 15.3 Å². The molecule has 0 spiro atoms. The molecule has 0 amide bonds. The van der Waals surface area contributed by atoms with Crippen LogP contribution in [0.3, 0.4) is 0 Å². The second-order valence-electron chi connectivity index (χ2n) is 15.9. The van der Waals surface area contributed by atoms with Gasteiger partial charge in [-0.1, -0.05) is 191 Å². The van der Waals surface area contributed by atoms with Gasteiger partial charge in [0.05, 0.1) is 6.04 Å². The highest BCUT2D eigenvalue weighted by Crippen LogP contribution is 2.47. The number of hydrogen-bond donors (Lipinski definition) is 1. The van der Waals surface area contributed by atoms with Crippen molar-refractivity contribution >= 4 is 33.9 Å². The Kier molecular flexibility index (Phi) is 10.1. The first-order chi connectivity index (χ1) is 28.9. The molecule has 0 aromatic heterocycles. The minimum Gasteiger partial charge on any atom is -0.378 e. The summed E-state index contributed by atoms with van der Waals surface area (Å²) in [5.41, 5.74) is 17.6. The summed E-state index contributed by atoms with van der Waals surface area (Å²) in [4.78, 5) is 2.33. The van der Waals surface area contributed by atoms with E-state index in [1.807, 2.05) is 12.2 Å². The predicted molar refractivity (Wildman–Crippen MR) is 253 cm³/mol. The zero-order chi connectivity index (χ0) is 40.3. The molecule has 2 atom stereocenters. The molecule has 0 saturated heterocycles. The van der Waals surface area contributed by atoms with Gasteiger partial charge in [0, 0.05) is 34.1 Å². The fraction of sp³-hybridized carbons (Fsp3) is 0.0877. The van der Waals surface area contributed by atoms with Crippen LogP contribution in [-0.2, 0) is 5.41 Å². The highest BCUT2D eigenvalue weighted by atomic mass is 15.1. The maximum Gasteiger partial charge on any atom is 0.0551 e. The summed E-state index contributed by atoms with van der Waals surface area (Å²) in [5.74, 6) is 0.164. The van der Waals surface area contributed by atoms with Gasteiger partial charge in [0.25, 0.3) is 0 Å². The summed E-state index contributed by atoms with van der Waals surface area (Å²) in [5, 5.41) is 3.94. The molecule has 0 bridgehead atoms. The lowest BCUT2D eigenvalue weighted by molar-refractivity contribution is 0.606. The van der Waals surface area contributed by atoms with Crippen molar-refractivity contribution in [3.05, 3.63) is 253 Å². The molecule has 286 valence electrons. The van der Waals surface area contributed by atoms with Crippen LogP contribution >= 0.6 is 0 Å². The van der Waals surface area contributed by atoms with Gasteiger partial charge < -0.3 is 10.2 Å². The van der Waals surface area contributed by atoms with E-state index in [-0.39, 0.29) is 17.4 Å². The van der Waals surface area contributed by atoms with Crippen LogP contribution in [0.1, 0.15) is 47.6 Å². The highest BCUT2D eigenvalue weighted by molar-refractivity contribution is 5.83. The number of para-hydroxylation sites is 1. The number of anilines is 4. The Morgan fingerprint density at radius 1 is 0.576 bits per heavy atom. The van der Waals surface area contributed by atoms with Gasteiger partial charge in [0.1, 0.15) is 0 Å². The average Bonchev–Trinajstić information content (AvgIpc) is 3.29. The summed E-state index contributed by atoms with van der Waals surface area (Å²) < 4.78 is 0. The third kappa shape index (κ3) is 7.31. The van der Waals surface area contributed by atoms with Gasteiger partial charge in [-0.15, -0.1) is 0 Å². The number of hydrogen-bond acceptors (Lipinski definition) is 2. The number of nitrogens with one attached hydrogen (secondary N) is 1. The molecule has 2 aliphatic rings. The number of allylic oxidation sites excluding steroid dienone is 6. The van der Waals surface area contributed by atoms with Crippen molar-refractivity contribution in [3.8, 4) is 22.3 Å². The first-order valence-electron chi connectivity index (χ1n) is 20.5. The summed E-state index contributed by atoms with van der Waals surface area (Å²) in [6.45, 7) is 12.7. The van der Waals surface area contributed by atoms with Crippen LogP contribution in [0, 0.1) is 0 Å². The fourth-order valence-corrected chi connectivity index (χ4v) is 8.87. The average molecular weight is 761 g/mol. The second kappa shape index (κ2) is 16.0. The van der Waals surface area contributed by atoms with Gasteiger partial charge in [0.2, 0.25) is 0 Å². The molecule has 7 aromatic carbocycles. The molecule has 2 nitrogen and oxygen atoms in total. The molecule has 1 N–H and O–H groups in total. The second-order valence-corrected chi connectivity index (χ2v) is 15.9. The van der Waals surface area contributed by atoms with Crippen LogP contribution in [0.25, 0.3) is 33.4 Å². The Labute approximate surface area is 349 Å². The summed E-state index contributed by atoms with van der Waals surface area (Å²) in [6.07, 6.45) is 12.8. The lowest BCUT2D eigenvalue weighted by Gasteiger charge is -2.39. The largest absolute Gasteiger partial charge is 0.378 e. The van der Waals surface area contributed by atoms with Gasteiger partial charge in [-0.05, 0) is 110 Å². The molecule has 1 heterocycles. The summed E-state index contributed by atoms with van der Waals surface area (Å²) in [6, 6.07) is 63.9. The van der Waals surface area contributed by atoms with Gasteiger partial charge in [-0.3, -0.25) is 0 Å². The lowest BCUT2D eigenvalue weighted by Crippen LogP contribution is -2.34. The van der Waals surface area contributed by atoms with Crippen molar-refractivity contribution in [1.29, 1.82) is 0 Å². The molecule has 2 heteroatoms. The predicted octanol–water partition coefficient (Wildman–Crippen LogP) is 15.1. The third-order valence-electron chi connectivity index (χ3n) is 12.0. The lowest BCUT2D eigenvalue weighted by atomic mass is 9.69. The van der Waals surface area contributed by atoms with Crippen molar-refractivity contribution in [1.82, 2.24) is 0 Å². The van der Waals surface area contributed by atoms with E-state index in [1.54, 1.807) is 6.08 Å². The van der Waals surface area contributed by atoms with E-state index in [9.17, 15) is 0 Å². The minimum absolute atomic E-state index is 0.131. The number of nitrogens with zero attached hydrogens (tertiary/aromatic N) is 1. The summed E-state index contributed by atoms with van der Waals surface area (Å²) in [7, 11) is 0. The van der Waals surface area contributed by atoms with Crippen molar-refractivity contribution in [2.24, 2.45) is 0 Å². The maximum absolute atomic E-state index is 4.02. The van der Waals surface area contributed by atoms with Crippen molar-refractivity contribution in [2.45, 2.75) is 31.2 Å². The van der Waals surface area contributed by atoms with Crippen molar-refractivity contribution < 1.29 is 0 Å². The molecule has 9 rings (SSSR count). The van der Waals surface area contributed by atoms with Crippen molar-refractivity contribution in [2.75, 3.05) is 10.2 Å². The van der Waals surface area contributed by atoms with Gasteiger partial charge in [-0.2, -0.15) is 0 Å². The SMILES string of the molecule is C=C/C=C(\C=C)c1ccc(N(c2ccc(-c3ccccc3)cc2)c2ccc(-c3ccc4c(c3)C(C)(C)c3ccccc3NC3C=CC(c5ccccc5)=CC43)cc2)cc1. The van der Waals surface area contributed by atoms with E-state index in [0.717, 1.165) is 28.2 Å². The van der Waals surface area contributed by atoms with Crippen molar-refractivity contribution in [3.63, 3.8) is 0 Å². The van der Waals surface area contributed by atoms with E-state index in [4.69, 9.17) is 0 Å². The Morgan fingerprint density at radius 3 is 1.75 bits per heavy atom. The van der Waals surface area contributed by atoms with Crippen LogP contribution < -0.4 is 10.2 Å². The van der Waals surface area contributed by atoms with Crippen LogP contribution in [0.15, 0.2) is 226 Å². The molecule has 7 aromatic rings. The Hall–Kier alpha value is -7.16. The molecule has 1 aliphatic heterocycles.